The molecule has 3 aromatic rings. The molecule has 1 saturated carbocycles. The first-order chi connectivity index (χ1) is 15.4. The minimum Gasteiger partial charge on any atom is -0.315 e. The highest BCUT2D eigenvalue weighted by Crippen LogP contribution is 2.56. The Balaban J connectivity index is 1.43. The van der Waals surface area contributed by atoms with Crippen molar-refractivity contribution in [1.82, 2.24) is 34.4 Å². The van der Waals surface area contributed by atoms with Crippen molar-refractivity contribution in [3.05, 3.63) is 42.2 Å². The van der Waals surface area contributed by atoms with Crippen LogP contribution in [0, 0.1) is 5.92 Å². The zero-order valence-electron chi connectivity index (χ0n) is 18.4. The molecule has 0 unspecified atom stereocenters. The Morgan fingerprint density at radius 2 is 2.06 bits per heavy atom. The molecule has 32 heavy (non-hydrogen) atoms. The van der Waals surface area contributed by atoms with E-state index in [9.17, 15) is 4.79 Å². The number of hydrogen-bond acceptors (Lipinski definition) is 5. The lowest BCUT2D eigenvalue weighted by Gasteiger charge is -2.66. The Morgan fingerprint density at radius 3 is 2.75 bits per heavy atom. The molecule has 0 spiro atoms. The van der Waals surface area contributed by atoms with Crippen molar-refractivity contribution < 1.29 is 4.79 Å². The Bertz CT molecular complexity index is 1130. The third-order valence-corrected chi connectivity index (χ3v) is 7.22. The summed E-state index contributed by atoms with van der Waals surface area (Å²) in [4.78, 5) is 19.9. The Morgan fingerprint density at radius 1 is 1.28 bits per heavy atom. The summed E-state index contributed by atoms with van der Waals surface area (Å²) in [5.74, 6) is 1.10. The number of carbonyl (C=O) groups is 1. The van der Waals surface area contributed by atoms with Crippen LogP contribution in [0.3, 0.4) is 0 Å². The van der Waals surface area contributed by atoms with Crippen LogP contribution in [0.15, 0.2) is 37.2 Å². The standard InChI is InChI=1S/C22H27ClN8O/c1-4-19(30-12-25-26-13-30)22-9-14(2)7-16(10-22)31(22)21(32)27-15-5-6-18(23)17(8-15)20-24-11-29(3)28-20/h5-6,8,11-14,16,19H,4,7,9-10H2,1-3H3,(H,27,32)/t14-,16-,19-,22+/m0/s1. The highest BCUT2D eigenvalue weighted by Gasteiger charge is 2.61. The molecule has 4 atom stereocenters. The number of nitrogens with zero attached hydrogens (tertiary/aromatic N) is 7. The average molecular weight is 455 g/mol. The summed E-state index contributed by atoms with van der Waals surface area (Å²) in [5.41, 5.74) is 1.13. The number of halogens is 1. The summed E-state index contributed by atoms with van der Waals surface area (Å²) in [6.07, 6.45) is 9.05. The van der Waals surface area contributed by atoms with Crippen molar-refractivity contribution >= 4 is 23.3 Å². The van der Waals surface area contributed by atoms with E-state index in [1.54, 1.807) is 36.8 Å². The van der Waals surface area contributed by atoms with E-state index in [4.69, 9.17) is 11.6 Å². The predicted molar refractivity (Wildman–Crippen MR) is 121 cm³/mol. The van der Waals surface area contributed by atoms with Crippen LogP contribution in [0.1, 0.15) is 45.6 Å². The van der Waals surface area contributed by atoms with Gasteiger partial charge in [-0.2, -0.15) is 5.10 Å². The van der Waals surface area contributed by atoms with Crippen LogP contribution in [0.2, 0.25) is 5.02 Å². The third kappa shape index (κ3) is 3.35. The van der Waals surface area contributed by atoms with Gasteiger partial charge in [0.15, 0.2) is 5.82 Å². The van der Waals surface area contributed by atoms with Gasteiger partial charge in [0.2, 0.25) is 0 Å². The molecule has 3 heterocycles. The highest BCUT2D eigenvalue weighted by molar-refractivity contribution is 6.33. The number of amides is 2. The van der Waals surface area contributed by atoms with Gasteiger partial charge in [-0.05, 0) is 49.8 Å². The number of benzene rings is 1. The van der Waals surface area contributed by atoms with Gasteiger partial charge in [-0.1, -0.05) is 25.4 Å². The van der Waals surface area contributed by atoms with Crippen molar-refractivity contribution in [2.75, 3.05) is 5.32 Å². The first kappa shape index (κ1) is 20.9. The molecule has 1 saturated heterocycles. The summed E-state index contributed by atoms with van der Waals surface area (Å²) in [6, 6.07) is 5.71. The fourth-order valence-electron chi connectivity index (χ4n) is 5.83. The highest BCUT2D eigenvalue weighted by atomic mass is 35.5. The molecule has 1 aliphatic heterocycles. The Hall–Kier alpha value is -2.94. The van der Waals surface area contributed by atoms with Gasteiger partial charge in [-0.3, -0.25) is 4.68 Å². The number of hydrogen-bond donors (Lipinski definition) is 1. The van der Waals surface area contributed by atoms with E-state index in [2.05, 4.69) is 48.9 Å². The summed E-state index contributed by atoms with van der Waals surface area (Å²) in [7, 11) is 1.80. The SMILES string of the molecule is CC[C@H](n1cnnc1)[C@@]12C[C@@H](C)C[C@@H](C1)N2C(=O)Nc1ccc(Cl)c(-c2ncn(C)n2)c1. The lowest BCUT2D eigenvalue weighted by atomic mass is 9.60. The molecule has 1 N–H and O–H groups in total. The number of nitrogens with one attached hydrogen (secondary N) is 1. The summed E-state index contributed by atoms with van der Waals surface area (Å²) in [5, 5.41) is 16.0. The molecule has 2 amide bonds. The van der Waals surface area contributed by atoms with Gasteiger partial charge in [-0.15, -0.1) is 10.2 Å². The maximum Gasteiger partial charge on any atom is 0.322 e. The minimum atomic E-state index is -0.235. The van der Waals surface area contributed by atoms with Gasteiger partial charge in [0.05, 0.1) is 16.6 Å². The monoisotopic (exact) mass is 454 g/mol. The van der Waals surface area contributed by atoms with E-state index in [-0.39, 0.29) is 23.7 Å². The lowest BCUT2D eigenvalue weighted by molar-refractivity contribution is -0.120. The molecule has 2 fully saturated rings. The van der Waals surface area contributed by atoms with E-state index in [0.29, 0.717) is 28.0 Å². The molecule has 2 bridgehead atoms. The second kappa shape index (κ2) is 7.88. The number of aryl methyl sites for hydroxylation is 1. The van der Waals surface area contributed by atoms with Gasteiger partial charge in [-0.25, -0.2) is 9.78 Å². The number of anilines is 1. The number of urea groups is 1. The third-order valence-electron chi connectivity index (χ3n) is 6.89. The quantitative estimate of drug-likeness (QED) is 0.624. The molecule has 9 nitrogen and oxygen atoms in total. The first-order valence-corrected chi connectivity index (χ1v) is 11.4. The van der Waals surface area contributed by atoms with E-state index >= 15 is 0 Å². The Kier molecular flexibility index (Phi) is 5.16. The predicted octanol–water partition coefficient (Wildman–Crippen LogP) is 4.15. The summed E-state index contributed by atoms with van der Waals surface area (Å²) < 4.78 is 3.68. The van der Waals surface area contributed by atoms with Crippen LogP contribution < -0.4 is 5.32 Å². The number of fused-ring (bicyclic) bond motifs is 2. The van der Waals surface area contributed by atoms with Gasteiger partial charge in [0.1, 0.15) is 19.0 Å². The lowest BCUT2D eigenvalue weighted by Crippen LogP contribution is -2.74. The van der Waals surface area contributed by atoms with Gasteiger partial charge >= 0.3 is 6.03 Å². The molecule has 5 rings (SSSR count). The van der Waals surface area contributed by atoms with E-state index in [1.165, 1.54) is 0 Å². The van der Waals surface area contributed by atoms with Crippen LogP contribution in [-0.2, 0) is 7.05 Å². The number of likely N-dealkylation sites (tertiary alicyclic amines) is 1. The Labute approximate surface area is 191 Å². The van der Waals surface area contributed by atoms with E-state index < -0.39 is 0 Å². The maximum absolute atomic E-state index is 13.6. The molecule has 2 aromatic heterocycles. The van der Waals surface area contributed by atoms with Crippen LogP contribution >= 0.6 is 11.6 Å². The maximum atomic E-state index is 13.6. The van der Waals surface area contributed by atoms with Crippen LogP contribution in [0.5, 0.6) is 0 Å². The smallest absolute Gasteiger partial charge is 0.315 e. The fraction of sp³-hybridized carbons (Fsp3) is 0.500. The summed E-state index contributed by atoms with van der Waals surface area (Å²) >= 11 is 6.38. The van der Waals surface area contributed by atoms with E-state index in [1.807, 2.05) is 12.1 Å². The average Bonchev–Trinajstić information content (AvgIpc) is 3.41. The van der Waals surface area contributed by atoms with Crippen molar-refractivity contribution in [2.24, 2.45) is 13.0 Å². The van der Waals surface area contributed by atoms with Crippen LogP contribution in [0.4, 0.5) is 10.5 Å². The molecule has 1 aromatic carbocycles. The fourth-order valence-corrected chi connectivity index (χ4v) is 6.03. The number of rotatable bonds is 5. The zero-order valence-corrected chi connectivity index (χ0v) is 19.2. The van der Waals surface area contributed by atoms with Crippen molar-refractivity contribution in [3.63, 3.8) is 0 Å². The second-order valence-corrected chi connectivity index (χ2v) is 9.48. The van der Waals surface area contributed by atoms with Gasteiger partial charge in [0, 0.05) is 24.3 Å². The first-order valence-electron chi connectivity index (χ1n) is 11.0. The molecule has 1 aliphatic carbocycles. The van der Waals surface area contributed by atoms with Crippen molar-refractivity contribution in [2.45, 2.75) is 57.2 Å². The topological polar surface area (TPSA) is 93.8 Å². The number of piperidine rings is 1. The largest absolute Gasteiger partial charge is 0.322 e. The van der Waals surface area contributed by atoms with Crippen molar-refractivity contribution in [3.8, 4) is 11.4 Å². The zero-order chi connectivity index (χ0) is 22.5. The second-order valence-electron chi connectivity index (χ2n) is 9.08. The minimum absolute atomic E-state index is 0.0815. The van der Waals surface area contributed by atoms with E-state index in [0.717, 1.165) is 25.7 Å². The molecular formula is C22H27ClN8O. The molecule has 168 valence electrons. The van der Waals surface area contributed by atoms with Gasteiger partial charge < -0.3 is 14.8 Å². The van der Waals surface area contributed by atoms with Crippen LogP contribution in [-0.4, -0.2) is 52.0 Å². The summed E-state index contributed by atoms with van der Waals surface area (Å²) in [6.45, 7) is 4.44. The van der Waals surface area contributed by atoms with Gasteiger partial charge in [0.25, 0.3) is 0 Å². The molecule has 2 aliphatic rings. The van der Waals surface area contributed by atoms with Crippen LogP contribution in [0.25, 0.3) is 11.4 Å². The van der Waals surface area contributed by atoms with Crippen molar-refractivity contribution in [1.29, 1.82) is 0 Å². The number of carbonyl (C=O) groups excluding carboxylic acids is 1. The molecular weight excluding hydrogens is 428 g/mol. The number of aromatic nitrogens is 6. The molecule has 0 radical (unpaired) electrons. The normalized spacial score (nSPS) is 25.3. The molecule has 10 heteroatoms.